The van der Waals surface area contributed by atoms with Crippen molar-refractivity contribution in [3.63, 3.8) is 0 Å². The molecule has 0 unspecified atom stereocenters. The third kappa shape index (κ3) is 7.30. The summed E-state index contributed by atoms with van der Waals surface area (Å²) in [4.78, 5) is 12.6. The highest BCUT2D eigenvalue weighted by atomic mass is 32.2. The average molecular weight is 546 g/mol. The number of nitrogens with one attached hydrogen (secondary N) is 1. The lowest BCUT2D eigenvalue weighted by molar-refractivity contribution is -0.119. The van der Waals surface area contributed by atoms with E-state index in [-0.39, 0.29) is 10.6 Å². The second-order valence-corrected chi connectivity index (χ2v) is 10.8. The molecule has 1 N–H and O–H groups in total. The second kappa shape index (κ2) is 12.4. The SMILES string of the molecule is Cc1ccc(COc2ccc(/C=N\NC(=O)CN(c3ccccc3F)S(=O)(=O)c3ccc(C)cc3)cc2)cc1. The van der Waals surface area contributed by atoms with Gasteiger partial charge in [0, 0.05) is 0 Å². The van der Waals surface area contributed by atoms with Gasteiger partial charge in [0.05, 0.1) is 16.8 Å². The number of hydrazone groups is 1. The highest BCUT2D eigenvalue weighted by Crippen LogP contribution is 2.26. The van der Waals surface area contributed by atoms with Crippen LogP contribution in [0.1, 0.15) is 22.3 Å². The Labute approximate surface area is 227 Å². The van der Waals surface area contributed by atoms with Gasteiger partial charge in [-0.25, -0.2) is 18.2 Å². The monoisotopic (exact) mass is 545 g/mol. The summed E-state index contributed by atoms with van der Waals surface area (Å²) in [6.45, 7) is 3.62. The predicted molar refractivity (Wildman–Crippen MR) is 150 cm³/mol. The summed E-state index contributed by atoms with van der Waals surface area (Å²) in [7, 11) is -4.23. The van der Waals surface area contributed by atoms with Crippen molar-refractivity contribution < 1.29 is 22.3 Å². The largest absolute Gasteiger partial charge is 0.489 e. The Bertz CT molecular complexity index is 1550. The number of anilines is 1. The Balaban J connectivity index is 1.41. The number of halogens is 1. The zero-order chi connectivity index (χ0) is 27.8. The van der Waals surface area contributed by atoms with E-state index >= 15 is 0 Å². The highest BCUT2D eigenvalue weighted by Gasteiger charge is 2.29. The van der Waals surface area contributed by atoms with E-state index in [9.17, 15) is 17.6 Å². The number of benzene rings is 4. The van der Waals surface area contributed by atoms with Crippen LogP contribution in [0.2, 0.25) is 0 Å². The Morgan fingerprint density at radius 2 is 1.51 bits per heavy atom. The number of carbonyl (C=O) groups excluding carboxylic acids is 1. The van der Waals surface area contributed by atoms with Crippen LogP contribution in [0.3, 0.4) is 0 Å². The summed E-state index contributed by atoms with van der Waals surface area (Å²) in [6.07, 6.45) is 1.42. The number of nitrogens with zero attached hydrogens (tertiary/aromatic N) is 2. The number of hydrogen-bond acceptors (Lipinski definition) is 5. The summed E-state index contributed by atoms with van der Waals surface area (Å²) in [5.41, 5.74) is 5.88. The van der Waals surface area contributed by atoms with Crippen LogP contribution in [0.4, 0.5) is 10.1 Å². The van der Waals surface area contributed by atoms with Gasteiger partial charge in [-0.2, -0.15) is 5.10 Å². The third-order valence-electron chi connectivity index (χ3n) is 5.83. The molecule has 0 atom stereocenters. The quantitative estimate of drug-likeness (QED) is 0.215. The van der Waals surface area contributed by atoms with E-state index in [0.717, 1.165) is 21.5 Å². The molecule has 0 heterocycles. The van der Waals surface area contributed by atoms with Crippen molar-refractivity contribution in [2.24, 2.45) is 5.10 Å². The maximum Gasteiger partial charge on any atom is 0.264 e. The molecule has 0 aromatic heterocycles. The van der Waals surface area contributed by atoms with Crippen molar-refractivity contribution >= 4 is 27.8 Å². The Kier molecular flexibility index (Phi) is 8.73. The van der Waals surface area contributed by atoms with Gasteiger partial charge in [0.15, 0.2) is 0 Å². The van der Waals surface area contributed by atoms with Crippen molar-refractivity contribution in [3.8, 4) is 5.75 Å². The van der Waals surface area contributed by atoms with Gasteiger partial charge in [-0.3, -0.25) is 9.10 Å². The van der Waals surface area contributed by atoms with Crippen molar-refractivity contribution in [1.82, 2.24) is 5.43 Å². The number of sulfonamides is 1. The van der Waals surface area contributed by atoms with Crippen LogP contribution >= 0.6 is 0 Å². The summed E-state index contributed by atoms with van der Waals surface area (Å²) >= 11 is 0. The van der Waals surface area contributed by atoms with E-state index in [0.29, 0.717) is 17.9 Å². The Morgan fingerprint density at radius 3 is 2.15 bits per heavy atom. The minimum Gasteiger partial charge on any atom is -0.489 e. The van der Waals surface area contributed by atoms with Crippen molar-refractivity contribution in [1.29, 1.82) is 0 Å². The van der Waals surface area contributed by atoms with Crippen molar-refractivity contribution in [3.05, 3.63) is 125 Å². The smallest absolute Gasteiger partial charge is 0.264 e. The fourth-order valence-corrected chi connectivity index (χ4v) is 5.07. The minimum atomic E-state index is -4.23. The topological polar surface area (TPSA) is 88.1 Å². The molecule has 0 fully saturated rings. The molecule has 4 aromatic carbocycles. The molecule has 4 rings (SSSR count). The van der Waals surface area contributed by atoms with Crippen LogP contribution in [-0.2, 0) is 21.4 Å². The summed E-state index contributed by atoms with van der Waals surface area (Å²) in [6, 6.07) is 26.7. The van der Waals surface area contributed by atoms with Gasteiger partial charge in [0.25, 0.3) is 15.9 Å². The number of rotatable bonds is 10. The van der Waals surface area contributed by atoms with E-state index in [1.807, 2.05) is 38.1 Å². The van der Waals surface area contributed by atoms with Crippen LogP contribution in [0.5, 0.6) is 5.75 Å². The second-order valence-electron chi connectivity index (χ2n) is 8.91. The number of ether oxygens (including phenoxy) is 1. The molecule has 200 valence electrons. The minimum absolute atomic E-state index is 0.0580. The van der Waals surface area contributed by atoms with Crippen LogP contribution < -0.4 is 14.5 Å². The number of para-hydroxylation sites is 1. The lowest BCUT2D eigenvalue weighted by Gasteiger charge is -2.24. The number of amides is 1. The van der Waals surface area contributed by atoms with Gasteiger partial charge < -0.3 is 4.74 Å². The van der Waals surface area contributed by atoms with Gasteiger partial charge in [-0.1, -0.05) is 59.7 Å². The third-order valence-corrected chi connectivity index (χ3v) is 7.60. The predicted octanol–water partition coefficient (Wildman–Crippen LogP) is 5.37. The lowest BCUT2D eigenvalue weighted by Crippen LogP contribution is -2.40. The van der Waals surface area contributed by atoms with Gasteiger partial charge in [0.1, 0.15) is 24.7 Å². The van der Waals surface area contributed by atoms with Gasteiger partial charge >= 0.3 is 0 Å². The molecular weight excluding hydrogens is 517 g/mol. The molecule has 0 aliphatic rings. The van der Waals surface area contributed by atoms with E-state index < -0.39 is 28.3 Å². The van der Waals surface area contributed by atoms with Crippen molar-refractivity contribution in [2.45, 2.75) is 25.3 Å². The van der Waals surface area contributed by atoms with Crippen LogP contribution in [0.25, 0.3) is 0 Å². The summed E-state index contributed by atoms with van der Waals surface area (Å²) in [5, 5.41) is 3.93. The van der Waals surface area contributed by atoms with Gasteiger partial charge in [-0.05, 0) is 73.5 Å². The molecule has 0 saturated heterocycles. The number of carbonyl (C=O) groups is 1. The van der Waals surface area contributed by atoms with E-state index in [1.165, 1.54) is 42.1 Å². The summed E-state index contributed by atoms with van der Waals surface area (Å²) < 4.78 is 47.8. The first-order valence-corrected chi connectivity index (χ1v) is 13.6. The molecule has 0 aliphatic heterocycles. The maximum absolute atomic E-state index is 14.6. The molecule has 4 aromatic rings. The van der Waals surface area contributed by atoms with Crippen LogP contribution in [-0.4, -0.2) is 27.1 Å². The first-order valence-electron chi connectivity index (χ1n) is 12.2. The Hall–Kier alpha value is -4.50. The zero-order valence-corrected chi connectivity index (χ0v) is 22.4. The highest BCUT2D eigenvalue weighted by molar-refractivity contribution is 7.92. The average Bonchev–Trinajstić information content (AvgIpc) is 2.93. The first kappa shape index (κ1) is 27.5. The number of hydrogen-bond donors (Lipinski definition) is 1. The van der Waals surface area contributed by atoms with E-state index in [1.54, 1.807) is 36.4 Å². The lowest BCUT2D eigenvalue weighted by atomic mass is 10.2. The molecule has 0 aliphatic carbocycles. The van der Waals surface area contributed by atoms with Gasteiger partial charge in [0.2, 0.25) is 0 Å². The molecule has 39 heavy (non-hydrogen) atoms. The normalized spacial score (nSPS) is 11.4. The van der Waals surface area contributed by atoms with Crippen LogP contribution in [0.15, 0.2) is 107 Å². The molecule has 0 bridgehead atoms. The molecule has 0 radical (unpaired) electrons. The zero-order valence-electron chi connectivity index (χ0n) is 21.5. The molecular formula is C30H28FN3O4S. The molecule has 7 nitrogen and oxygen atoms in total. The molecule has 0 saturated carbocycles. The fraction of sp³-hybridized carbons (Fsp3) is 0.133. The van der Waals surface area contributed by atoms with E-state index in [2.05, 4.69) is 10.5 Å². The van der Waals surface area contributed by atoms with Crippen LogP contribution in [0, 0.1) is 19.7 Å². The van der Waals surface area contributed by atoms with E-state index in [4.69, 9.17) is 4.74 Å². The summed E-state index contributed by atoms with van der Waals surface area (Å²) in [5.74, 6) is -0.823. The maximum atomic E-state index is 14.6. The molecule has 1 amide bonds. The molecule has 9 heteroatoms. The Morgan fingerprint density at radius 1 is 0.897 bits per heavy atom. The van der Waals surface area contributed by atoms with Crippen molar-refractivity contribution in [2.75, 3.05) is 10.8 Å². The standard InChI is InChI=1S/C30H28FN3O4S/c1-22-7-11-25(12-8-22)21-38-26-15-13-24(14-16-26)19-32-33-30(35)20-34(29-6-4-3-5-28(29)31)39(36,37)27-17-9-23(2)10-18-27/h3-19H,20-21H2,1-2H3,(H,33,35)/b32-19-. The van der Waals surface area contributed by atoms with Gasteiger partial charge in [-0.15, -0.1) is 0 Å². The molecule has 0 spiro atoms. The first-order chi connectivity index (χ1) is 18.7. The number of aryl methyl sites for hydroxylation is 2. The fourth-order valence-electron chi connectivity index (χ4n) is 3.64.